The van der Waals surface area contributed by atoms with Crippen molar-refractivity contribution in [2.75, 3.05) is 12.0 Å². The summed E-state index contributed by atoms with van der Waals surface area (Å²) in [6, 6.07) is 18.4. The number of carbonyl (C=O) groups excluding carboxylic acids is 2. The number of rotatable bonds is 7. The van der Waals surface area contributed by atoms with Crippen molar-refractivity contribution in [3.63, 3.8) is 0 Å². The van der Waals surface area contributed by atoms with Gasteiger partial charge in [0.05, 0.1) is 36.5 Å². The molecule has 1 heterocycles. The first kappa shape index (κ1) is 27.5. The van der Waals surface area contributed by atoms with E-state index >= 15 is 0 Å². The maximum Gasteiger partial charge on any atom is 0.300 e. The van der Waals surface area contributed by atoms with Gasteiger partial charge in [0.25, 0.3) is 11.7 Å². The van der Waals surface area contributed by atoms with Crippen LogP contribution in [0.4, 0.5) is 5.69 Å². The zero-order valence-electron chi connectivity index (χ0n) is 23.0. The van der Waals surface area contributed by atoms with Crippen molar-refractivity contribution in [2.24, 2.45) is 0 Å². The standard InChI is InChI=1S/C32H32N2O5/c1-18(2)25-16-26(20(5)14-27(25)38-6)30(35)28-29(22-8-7-9-24(15-22)39-19(3)4)34(32(37)31(28)36)23-12-10-21(17-33)11-13-23/h7-16,18-19,29,35H,1-6H3/b30-28+. The summed E-state index contributed by atoms with van der Waals surface area (Å²) < 4.78 is 11.4. The van der Waals surface area contributed by atoms with E-state index in [2.05, 4.69) is 6.07 Å². The summed E-state index contributed by atoms with van der Waals surface area (Å²) in [5, 5.41) is 21.0. The van der Waals surface area contributed by atoms with Crippen LogP contribution >= 0.6 is 0 Å². The molecule has 3 aromatic carbocycles. The van der Waals surface area contributed by atoms with E-state index in [1.807, 2.05) is 46.8 Å². The Balaban J connectivity index is 1.98. The van der Waals surface area contributed by atoms with Crippen LogP contribution in [0.2, 0.25) is 0 Å². The molecule has 1 unspecified atom stereocenters. The molecular formula is C32H32N2O5. The Labute approximate surface area is 228 Å². The summed E-state index contributed by atoms with van der Waals surface area (Å²) in [5.41, 5.74) is 3.47. The fourth-order valence-corrected chi connectivity index (χ4v) is 4.87. The van der Waals surface area contributed by atoms with Gasteiger partial charge in [-0.05, 0) is 91.9 Å². The van der Waals surface area contributed by atoms with Crippen molar-refractivity contribution in [1.82, 2.24) is 0 Å². The Morgan fingerprint density at radius 3 is 2.31 bits per heavy atom. The normalized spacial score (nSPS) is 16.6. The highest BCUT2D eigenvalue weighted by Crippen LogP contribution is 2.44. The van der Waals surface area contributed by atoms with Crippen LogP contribution in [0.3, 0.4) is 0 Å². The third-order valence-corrected chi connectivity index (χ3v) is 6.72. The number of nitriles is 1. The molecule has 1 atom stereocenters. The van der Waals surface area contributed by atoms with Crippen LogP contribution in [0.25, 0.3) is 5.76 Å². The van der Waals surface area contributed by atoms with E-state index < -0.39 is 17.7 Å². The lowest BCUT2D eigenvalue weighted by Crippen LogP contribution is -2.29. The second-order valence-corrected chi connectivity index (χ2v) is 10.1. The van der Waals surface area contributed by atoms with E-state index in [-0.39, 0.29) is 23.4 Å². The monoisotopic (exact) mass is 524 g/mol. The van der Waals surface area contributed by atoms with Gasteiger partial charge in [0.1, 0.15) is 17.3 Å². The molecule has 1 saturated heterocycles. The highest BCUT2D eigenvalue weighted by atomic mass is 16.5. The lowest BCUT2D eigenvalue weighted by atomic mass is 9.91. The lowest BCUT2D eigenvalue weighted by Gasteiger charge is -2.26. The highest BCUT2D eigenvalue weighted by Gasteiger charge is 2.47. The molecule has 1 aliphatic rings. The van der Waals surface area contributed by atoms with E-state index in [1.54, 1.807) is 55.6 Å². The Bertz CT molecular complexity index is 1500. The van der Waals surface area contributed by atoms with Crippen molar-refractivity contribution in [3.8, 4) is 17.6 Å². The lowest BCUT2D eigenvalue weighted by molar-refractivity contribution is -0.132. The van der Waals surface area contributed by atoms with Gasteiger partial charge in [0, 0.05) is 11.3 Å². The van der Waals surface area contributed by atoms with E-state index in [0.29, 0.717) is 39.4 Å². The van der Waals surface area contributed by atoms with Crippen LogP contribution in [0.1, 0.15) is 67.5 Å². The Morgan fingerprint density at radius 2 is 1.72 bits per heavy atom. The van der Waals surface area contributed by atoms with Crippen LogP contribution in [0.15, 0.2) is 66.2 Å². The largest absolute Gasteiger partial charge is 0.507 e. The number of hydrogen-bond donors (Lipinski definition) is 1. The van der Waals surface area contributed by atoms with Crippen LogP contribution in [-0.4, -0.2) is 30.0 Å². The molecule has 7 heteroatoms. The molecule has 1 N–H and O–H groups in total. The summed E-state index contributed by atoms with van der Waals surface area (Å²) in [4.78, 5) is 28.5. The summed E-state index contributed by atoms with van der Waals surface area (Å²) in [7, 11) is 1.59. The number of aliphatic hydroxyl groups is 1. The average molecular weight is 525 g/mol. The van der Waals surface area contributed by atoms with Crippen LogP contribution in [-0.2, 0) is 9.59 Å². The molecule has 39 heavy (non-hydrogen) atoms. The van der Waals surface area contributed by atoms with Gasteiger partial charge in [-0.1, -0.05) is 26.0 Å². The van der Waals surface area contributed by atoms with E-state index in [0.717, 1.165) is 5.56 Å². The summed E-state index contributed by atoms with van der Waals surface area (Å²) in [6.07, 6.45) is -0.0819. The number of ketones is 1. The Hall–Kier alpha value is -4.57. The topological polar surface area (TPSA) is 99.9 Å². The fourth-order valence-electron chi connectivity index (χ4n) is 4.87. The summed E-state index contributed by atoms with van der Waals surface area (Å²) in [5.74, 6) is -0.460. The molecule has 1 amide bonds. The predicted octanol–water partition coefficient (Wildman–Crippen LogP) is 6.41. The van der Waals surface area contributed by atoms with Gasteiger partial charge in [0.2, 0.25) is 0 Å². The molecule has 1 fully saturated rings. The molecule has 0 spiro atoms. The van der Waals surface area contributed by atoms with E-state index in [4.69, 9.17) is 9.47 Å². The first-order chi connectivity index (χ1) is 18.6. The minimum Gasteiger partial charge on any atom is -0.507 e. The van der Waals surface area contributed by atoms with Gasteiger partial charge in [-0.3, -0.25) is 14.5 Å². The number of amides is 1. The van der Waals surface area contributed by atoms with Gasteiger partial charge >= 0.3 is 0 Å². The van der Waals surface area contributed by atoms with Crippen molar-refractivity contribution in [1.29, 1.82) is 5.26 Å². The number of hydrogen-bond acceptors (Lipinski definition) is 6. The number of nitrogens with zero attached hydrogens (tertiary/aromatic N) is 2. The third kappa shape index (κ3) is 5.23. The smallest absolute Gasteiger partial charge is 0.300 e. The second kappa shape index (κ2) is 11.0. The average Bonchev–Trinajstić information content (AvgIpc) is 3.17. The predicted molar refractivity (Wildman–Crippen MR) is 150 cm³/mol. The number of ether oxygens (including phenoxy) is 2. The number of benzene rings is 3. The molecule has 200 valence electrons. The maximum absolute atomic E-state index is 13.6. The first-order valence-corrected chi connectivity index (χ1v) is 12.8. The molecule has 0 aromatic heterocycles. The minimum absolute atomic E-state index is 0.0194. The van der Waals surface area contributed by atoms with Crippen LogP contribution in [0, 0.1) is 18.3 Å². The van der Waals surface area contributed by atoms with Gasteiger partial charge in [0.15, 0.2) is 0 Å². The fraction of sp³-hybridized carbons (Fsp3) is 0.281. The van der Waals surface area contributed by atoms with Crippen molar-refractivity contribution in [2.45, 2.75) is 52.7 Å². The van der Waals surface area contributed by atoms with Crippen molar-refractivity contribution < 1.29 is 24.2 Å². The highest BCUT2D eigenvalue weighted by molar-refractivity contribution is 6.51. The quantitative estimate of drug-likeness (QED) is 0.218. The van der Waals surface area contributed by atoms with Gasteiger partial charge < -0.3 is 14.6 Å². The Kier molecular flexibility index (Phi) is 7.78. The Morgan fingerprint density at radius 1 is 1.03 bits per heavy atom. The molecule has 4 rings (SSSR count). The molecule has 0 bridgehead atoms. The van der Waals surface area contributed by atoms with E-state index in [9.17, 15) is 20.0 Å². The number of anilines is 1. The van der Waals surface area contributed by atoms with Gasteiger partial charge in [-0.25, -0.2) is 0 Å². The molecule has 1 aliphatic heterocycles. The SMILES string of the molecule is COc1cc(C)c(/C(O)=C2\C(=O)C(=O)N(c3ccc(C#N)cc3)C2c2cccc(OC(C)C)c2)cc1C(C)C. The summed E-state index contributed by atoms with van der Waals surface area (Å²) >= 11 is 0. The summed E-state index contributed by atoms with van der Waals surface area (Å²) in [6.45, 7) is 9.68. The number of methoxy groups -OCH3 is 1. The second-order valence-electron chi connectivity index (χ2n) is 10.1. The van der Waals surface area contributed by atoms with Crippen LogP contribution in [0.5, 0.6) is 11.5 Å². The molecular weight excluding hydrogens is 492 g/mol. The number of Topliss-reactive ketones (excluding diaryl/α,β-unsaturated/α-hetero) is 1. The molecule has 0 aliphatic carbocycles. The zero-order chi connectivity index (χ0) is 28.4. The van der Waals surface area contributed by atoms with Crippen molar-refractivity contribution in [3.05, 3.63) is 94.1 Å². The van der Waals surface area contributed by atoms with Gasteiger partial charge in [-0.2, -0.15) is 5.26 Å². The number of carbonyl (C=O) groups is 2. The van der Waals surface area contributed by atoms with Crippen molar-refractivity contribution >= 4 is 23.1 Å². The molecule has 0 saturated carbocycles. The molecule has 0 radical (unpaired) electrons. The van der Waals surface area contributed by atoms with E-state index in [1.165, 1.54) is 4.90 Å². The first-order valence-electron chi connectivity index (χ1n) is 12.8. The zero-order valence-corrected chi connectivity index (χ0v) is 23.0. The minimum atomic E-state index is -0.919. The maximum atomic E-state index is 13.6. The molecule has 7 nitrogen and oxygen atoms in total. The van der Waals surface area contributed by atoms with Crippen LogP contribution < -0.4 is 14.4 Å². The number of aliphatic hydroxyl groups excluding tert-OH is 1. The third-order valence-electron chi connectivity index (χ3n) is 6.72. The molecule has 3 aromatic rings. The number of aryl methyl sites for hydroxylation is 1. The van der Waals surface area contributed by atoms with Gasteiger partial charge in [-0.15, -0.1) is 0 Å².